The number of anilines is 1. The van der Waals surface area contributed by atoms with Crippen molar-refractivity contribution >= 4 is 28.7 Å². The summed E-state index contributed by atoms with van der Waals surface area (Å²) in [6, 6.07) is 6.82. The van der Waals surface area contributed by atoms with Gasteiger partial charge < -0.3 is 24.4 Å². The quantitative estimate of drug-likeness (QED) is 0.676. The monoisotopic (exact) mass is 410 g/mol. The molecule has 1 saturated heterocycles. The highest BCUT2D eigenvalue weighted by Crippen LogP contribution is 2.27. The number of aromatic nitrogens is 1. The number of piperidine rings is 1. The third-order valence-electron chi connectivity index (χ3n) is 5.17. The number of carbonyl (C=O) groups is 2. The summed E-state index contributed by atoms with van der Waals surface area (Å²) in [6.45, 7) is 7.31. The summed E-state index contributed by atoms with van der Waals surface area (Å²) in [7, 11) is 0. The summed E-state index contributed by atoms with van der Waals surface area (Å²) in [5, 5.41) is 5.85. The highest BCUT2D eigenvalue weighted by atomic mass is 16.3. The average molecular weight is 410 g/mol. The van der Waals surface area contributed by atoms with Crippen LogP contribution in [0, 0.1) is 0 Å². The lowest BCUT2D eigenvalue weighted by Crippen LogP contribution is -2.47. The number of furan rings is 1. The molecule has 3 amide bonds. The normalized spacial score (nSPS) is 15.4. The van der Waals surface area contributed by atoms with E-state index >= 15 is 0 Å². The first-order valence-electron chi connectivity index (χ1n) is 10.1. The fourth-order valence-electron chi connectivity index (χ4n) is 3.47. The van der Waals surface area contributed by atoms with Gasteiger partial charge in [0.25, 0.3) is 5.91 Å². The predicted octanol–water partition coefficient (Wildman–Crippen LogP) is 4.14. The van der Waals surface area contributed by atoms with Crippen molar-refractivity contribution in [2.45, 2.75) is 45.1 Å². The largest absolute Gasteiger partial charge is 0.472 e. The van der Waals surface area contributed by atoms with Crippen molar-refractivity contribution in [3.05, 3.63) is 48.2 Å². The van der Waals surface area contributed by atoms with E-state index < -0.39 is 0 Å². The minimum atomic E-state index is -0.270. The zero-order valence-electron chi connectivity index (χ0n) is 17.4. The van der Waals surface area contributed by atoms with Gasteiger partial charge >= 0.3 is 6.03 Å². The number of amides is 3. The van der Waals surface area contributed by atoms with Crippen LogP contribution in [0.4, 0.5) is 10.5 Å². The molecule has 1 fully saturated rings. The van der Waals surface area contributed by atoms with Crippen LogP contribution in [0.15, 0.2) is 45.6 Å². The average Bonchev–Trinajstić information content (AvgIpc) is 3.37. The molecule has 3 heterocycles. The first-order chi connectivity index (χ1) is 14.3. The topological polar surface area (TPSA) is 101 Å². The van der Waals surface area contributed by atoms with Crippen LogP contribution in [-0.4, -0.2) is 41.0 Å². The Labute approximate surface area is 174 Å². The Morgan fingerprint density at radius 2 is 1.93 bits per heavy atom. The molecule has 4 rings (SSSR count). The van der Waals surface area contributed by atoms with E-state index in [1.54, 1.807) is 23.1 Å². The van der Waals surface area contributed by atoms with Crippen molar-refractivity contribution in [3.63, 3.8) is 0 Å². The van der Waals surface area contributed by atoms with Gasteiger partial charge in [-0.15, -0.1) is 0 Å². The zero-order valence-corrected chi connectivity index (χ0v) is 17.4. The first kappa shape index (κ1) is 20.0. The number of carbonyl (C=O) groups excluding carboxylic acids is 2. The van der Waals surface area contributed by atoms with E-state index in [0.717, 1.165) is 0 Å². The van der Waals surface area contributed by atoms with E-state index in [1.807, 2.05) is 26.8 Å². The molecule has 2 N–H and O–H groups in total. The van der Waals surface area contributed by atoms with Gasteiger partial charge in [0.2, 0.25) is 5.89 Å². The van der Waals surface area contributed by atoms with E-state index in [4.69, 9.17) is 8.83 Å². The second-order valence-electron chi connectivity index (χ2n) is 8.63. The summed E-state index contributed by atoms with van der Waals surface area (Å²) in [5.41, 5.74) is 2.43. The van der Waals surface area contributed by atoms with Crippen LogP contribution in [0.1, 0.15) is 49.9 Å². The maximum Gasteiger partial charge on any atom is 0.319 e. The van der Waals surface area contributed by atoms with E-state index in [1.165, 1.54) is 12.5 Å². The third-order valence-corrected chi connectivity index (χ3v) is 5.17. The van der Waals surface area contributed by atoms with E-state index in [0.29, 0.717) is 54.2 Å². The Morgan fingerprint density at radius 3 is 2.60 bits per heavy atom. The van der Waals surface area contributed by atoms with Crippen molar-refractivity contribution in [1.82, 2.24) is 15.2 Å². The maximum atomic E-state index is 12.4. The van der Waals surface area contributed by atoms with Gasteiger partial charge in [0, 0.05) is 30.2 Å². The smallest absolute Gasteiger partial charge is 0.319 e. The molecule has 158 valence electrons. The Hall–Kier alpha value is -3.29. The van der Waals surface area contributed by atoms with Crippen LogP contribution in [-0.2, 0) is 5.41 Å². The summed E-state index contributed by atoms with van der Waals surface area (Å²) in [6.07, 6.45) is 4.35. The third kappa shape index (κ3) is 4.32. The van der Waals surface area contributed by atoms with Crippen molar-refractivity contribution in [2.75, 3.05) is 18.4 Å². The number of rotatable bonds is 3. The zero-order chi connectivity index (χ0) is 21.3. The second kappa shape index (κ2) is 7.85. The summed E-state index contributed by atoms with van der Waals surface area (Å²) < 4.78 is 10.8. The van der Waals surface area contributed by atoms with Crippen LogP contribution in [0.3, 0.4) is 0 Å². The molecule has 1 aromatic carbocycles. The van der Waals surface area contributed by atoms with Crippen molar-refractivity contribution in [3.8, 4) is 0 Å². The lowest BCUT2D eigenvalue weighted by Gasteiger charge is -2.32. The summed E-state index contributed by atoms with van der Waals surface area (Å²) in [4.78, 5) is 31.1. The Balaban J connectivity index is 1.31. The molecule has 1 aliphatic rings. The highest BCUT2D eigenvalue weighted by Gasteiger charge is 2.25. The molecular formula is C22H26N4O4. The van der Waals surface area contributed by atoms with Crippen LogP contribution in [0.2, 0.25) is 0 Å². The standard InChI is InChI=1S/C22H26N4O4/c1-22(2,3)20-25-17-12-16(4-5-18(17)30-20)24-21(28)23-15-6-9-26(10-7-15)19(27)14-8-11-29-13-14/h4-5,8,11-13,15H,6-7,9-10H2,1-3H3,(H2,23,24,28). The van der Waals surface area contributed by atoms with Gasteiger partial charge in [-0.05, 0) is 37.1 Å². The minimum absolute atomic E-state index is 0.0154. The van der Waals surface area contributed by atoms with E-state index in [2.05, 4.69) is 15.6 Å². The van der Waals surface area contributed by atoms with Crippen LogP contribution >= 0.6 is 0 Å². The number of nitrogens with one attached hydrogen (secondary N) is 2. The van der Waals surface area contributed by atoms with Gasteiger partial charge in [-0.1, -0.05) is 20.8 Å². The fraction of sp³-hybridized carbons (Fsp3) is 0.409. The lowest BCUT2D eigenvalue weighted by molar-refractivity contribution is 0.0708. The molecule has 0 radical (unpaired) electrons. The van der Waals surface area contributed by atoms with Crippen LogP contribution < -0.4 is 10.6 Å². The minimum Gasteiger partial charge on any atom is -0.472 e. The molecule has 3 aromatic rings. The Morgan fingerprint density at radius 1 is 1.17 bits per heavy atom. The predicted molar refractivity (Wildman–Crippen MR) is 112 cm³/mol. The van der Waals surface area contributed by atoms with Crippen molar-refractivity contribution < 1.29 is 18.4 Å². The molecule has 0 bridgehead atoms. The SMILES string of the molecule is CC(C)(C)c1nc2cc(NC(=O)NC3CCN(C(=O)c4ccoc4)CC3)ccc2o1. The summed E-state index contributed by atoms with van der Waals surface area (Å²) in [5.74, 6) is 0.623. The number of hydrogen-bond acceptors (Lipinski definition) is 5. The molecule has 2 aromatic heterocycles. The van der Waals surface area contributed by atoms with Gasteiger partial charge in [-0.3, -0.25) is 4.79 Å². The summed E-state index contributed by atoms with van der Waals surface area (Å²) >= 11 is 0. The van der Waals surface area contributed by atoms with Gasteiger partial charge in [-0.2, -0.15) is 0 Å². The molecule has 0 unspecified atom stereocenters. The number of fused-ring (bicyclic) bond motifs is 1. The molecule has 0 saturated carbocycles. The number of nitrogens with zero attached hydrogens (tertiary/aromatic N) is 2. The highest BCUT2D eigenvalue weighted by molar-refractivity contribution is 5.94. The number of hydrogen-bond donors (Lipinski definition) is 2. The second-order valence-corrected chi connectivity index (χ2v) is 8.63. The Bertz CT molecular complexity index is 1040. The van der Waals surface area contributed by atoms with E-state index in [-0.39, 0.29) is 23.4 Å². The first-order valence-corrected chi connectivity index (χ1v) is 10.1. The lowest BCUT2D eigenvalue weighted by atomic mass is 9.97. The fourth-order valence-corrected chi connectivity index (χ4v) is 3.47. The Kier molecular flexibility index (Phi) is 5.24. The van der Waals surface area contributed by atoms with Crippen molar-refractivity contribution in [2.24, 2.45) is 0 Å². The molecule has 0 spiro atoms. The van der Waals surface area contributed by atoms with Gasteiger partial charge in [-0.25, -0.2) is 9.78 Å². The molecule has 8 heteroatoms. The van der Waals surface area contributed by atoms with Crippen LogP contribution in [0.25, 0.3) is 11.1 Å². The van der Waals surface area contributed by atoms with Gasteiger partial charge in [0.15, 0.2) is 5.58 Å². The van der Waals surface area contributed by atoms with Gasteiger partial charge in [0.1, 0.15) is 11.8 Å². The molecule has 1 aliphatic heterocycles. The number of likely N-dealkylation sites (tertiary alicyclic amines) is 1. The molecular weight excluding hydrogens is 384 g/mol. The van der Waals surface area contributed by atoms with Crippen molar-refractivity contribution in [1.29, 1.82) is 0 Å². The maximum absolute atomic E-state index is 12.4. The van der Waals surface area contributed by atoms with Crippen LogP contribution in [0.5, 0.6) is 0 Å². The van der Waals surface area contributed by atoms with Gasteiger partial charge in [0.05, 0.1) is 11.8 Å². The molecule has 30 heavy (non-hydrogen) atoms. The molecule has 8 nitrogen and oxygen atoms in total. The number of oxazole rings is 1. The number of urea groups is 1. The van der Waals surface area contributed by atoms with E-state index in [9.17, 15) is 9.59 Å². The number of benzene rings is 1. The molecule has 0 aliphatic carbocycles. The molecule has 0 atom stereocenters.